The summed E-state index contributed by atoms with van der Waals surface area (Å²) < 4.78 is 94.6. The number of carboxylic acids is 3. The number of alkyl halides is 9. The van der Waals surface area contributed by atoms with Gasteiger partial charge in [0.25, 0.3) is 0 Å². The molecule has 128 valence electrons. The van der Waals surface area contributed by atoms with E-state index in [9.17, 15) is 39.5 Å². The first-order valence-electron chi connectivity index (χ1n) is 3.68. The first-order valence-corrected chi connectivity index (χ1v) is 3.68. The Labute approximate surface area is 132 Å². The van der Waals surface area contributed by atoms with Gasteiger partial charge in [0.2, 0.25) is 0 Å². The summed E-state index contributed by atoms with van der Waals surface area (Å²) in [6.07, 6.45) is -15.6. The molecule has 0 fully saturated rings. The molecule has 0 rings (SSSR count). The molecule has 6 nitrogen and oxygen atoms in total. The number of carbonyl (C=O) groups excluding carboxylic acids is 3. The van der Waals surface area contributed by atoms with Gasteiger partial charge in [-0.3, -0.25) is 0 Å². The molecule has 0 aromatic carbocycles. The van der Waals surface area contributed by atoms with E-state index in [0.29, 0.717) is 0 Å². The standard InChI is InChI=1S/3C2HF3O2.Bi/c3*3-2(4,5)1(6)7;/h3*(H,6,7);/q;;;+3/p-3. The number of hydrogen-bond acceptors (Lipinski definition) is 6. The van der Waals surface area contributed by atoms with Gasteiger partial charge in [-0.2, -0.15) is 39.5 Å². The Hall–Kier alpha value is -1.34. The first-order chi connectivity index (χ1) is 8.83. The third-order valence-corrected chi connectivity index (χ3v) is 0.694. The topological polar surface area (TPSA) is 120 Å². The Kier molecular flexibility index (Phi) is 13.6. The molecule has 0 aliphatic carbocycles. The molecule has 16 heteroatoms. The molecule has 0 saturated heterocycles. The van der Waals surface area contributed by atoms with Crippen LogP contribution in [0.15, 0.2) is 0 Å². The minimum atomic E-state index is -5.19. The summed E-state index contributed by atoms with van der Waals surface area (Å²) in [5.41, 5.74) is 0. The Morgan fingerprint density at radius 3 is 0.545 bits per heavy atom. The van der Waals surface area contributed by atoms with Crippen molar-refractivity contribution in [2.24, 2.45) is 0 Å². The van der Waals surface area contributed by atoms with Gasteiger partial charge in [-0.15, -0.1) is 0 Å². The second kappa shape index (κ2) is 10.4. The molecule has 0 aromatic rings. The van der Waals surface area contributed by atoms with Gasteiger partial charge in [0, 0.05) is 0 Å². The van der Waals surface area contributed by atoms with E-state index >= 15 is 0 Å². The zero-order valence-corrected chi connectivity index (χ0v) is 12.8. The fourth-order valence-electron chi connectivity index (χ4n) is 0. The smallest absolute Gasteiger partial charge is 0.542 e. The summed E-state index contributed by atoms with van der Waals surface area (Å²) in [5, 5.41) is 26.4. The van der Waals surface area contributed by atoms with Crippen LogP contribution in [0.5, 0.6) is 0 Å². The maximum absolute atomic E-state index is 10.5. The van der Waals surface area contributed by atoms with Crippen molar-refractivity contribution < 1.29 is 69.2 Å². The average Bonchev–Trinajstić information content (AvgIpc) is 2.14. The Morgan fingerprint density at radius 2 is 0.545 bits per heavy atom. The van der Waals surface area contributed by atoms with Gasteiger partial charge in [0.05, 0.1) is 0 Å². The van der Waals surface area contributed by atoms with Crippen LogP contribution in [-0.4, -0.2) is 62.6 Å². The van der Waals surface area contributed by atoms with Crippen LogP contribution in [0.1, 0.15) is 0 Å². The average molecular weight is 548 g/mol. The van der Waals surface area contributed by atoms with Crippen LogP contribution in [0.3, 0.4) is 0 Å². The fourth-order valence-corrected chi connectivity index (χ4v) is 0. The van der Waals surface area contributed by atoms with Crippen molar-refractivity contribution in [3.8, 4) is 0 Å². The number of carboxylic acid groups (broad SMARTS) is 3. The van der Waals surface area contributed by atoms with Gasteiger partial charge < -0.3 is 29.7 Å². The van der Waals surface area contributed by atoms with Gasteiger partial charge in [0.1, 0.15) is 17.9 Å². The molecule has 0 amide bonds. The third kappa shape index (κ3) is 21.0. The van der Waals surface area contributed by atoms with Crippen molar-refractivity contribution in [2.75, 3.05) is 0 Å². The van der Waals surface area contributed by atoms with Crippen LogP contribution in [0.2, 0.25) is 0 Å². The molecule has 22 heavy (non-hydrogen) atoms. The summed E-state index contributed by atoms with van der Waals surface area (Å²) >= 11 is 0. The maximum atomic E-state index is 10.5. The van der Waals surface area contributed by atoms with Crippen molar-refractivity contribution in [2.45, 2.75) is 18.5 Å². The molecule has 0 heterocycles. The number of rotatable bonds is 0. The molecule has 0 atom stereocenters. The van der Waals surface area contributed by atoms with Gasteiger partial charge in [0.15, 0.2) is 0 Å². The van der Waals surface area contributed by atoms with E-state index in [2.05, 4.69) is 0 Å². The SMILES string of the molecule is O=C([O-])C(F)(F)F.O=C([O-])C(F)(F)F.O=C([O-])C(F)(F)F.[Bi+3]. The molecule has 0 aromatic heterocycles. The summed E-state index contributed by atoms with van der Waals surface area (Å²) in [4.78, 5) is 26.4. The van der Waals surface area contributed by atoms with E-state index in [1.165, 1.54) is 0 Å². The molecular weight excluding hydrogens is 548 g/mol. The summed E-state index contributed by atoms with van der Waals surface area (Å²) in [6, 6.07) is 0. The van der Waals surface area contributed by atoms with Crippen molar-refractivity contribution in [3.05, 3.63) is 0 Å². The van der Waals surface area contributed by atoms with Crippen molar-refractivity contribution in [1.29, 1.82) is 0 Å². The molecular formula is C6BiF9O6. The Balaban J connectivity index is -0.000000108. The zero-order valence-electron chi connectivity index (χ0n) is 9.30. The van der Waals surface area contributed by atoms with Crippen LogP contribution >= 0.6 is 0 Å². The molecule has 0 aliphatic rings. The van der Waals surface area contributed by atoms with Gasteiger partial charge >= 0.3 is 44.7 Å². The van der Waals surface area contributed by atoms with Gasteiger partial charge in [-0.25, -0.2) is 0 Å². The van der Waals surface area contributed by atoms with E-state index in [1.807, 2.05) is 0 Å². The fraction of sp³-hybridized carbons (Fsp3) is 0.500. The molecule has 2 radical (unpaired) electrons. The maximum Gasteiger partial charge on any atom is 3.00 e. The third-order valence-electron chi connectivity index (χ3n) is 0.694. The Bertz CT molecular complexity index is 313. The molecule has 0 saturated carbocycles. The monoisotopic (exact) mass is 548 g/mol. The van der Waals surface area contributed by atoms with E-state index < -0.39 is 36.4 Å². The minimum Gasteiger partial charge on any atom is -0.542 e. The van der Waals surface area contributed by atoms with E-state index in [4.69, 9.17) is 29.7 Å². The van der Waals surface area contributed by atoms with Crippen LogP contribution in [0.25, 0.3) is 0 Å². The van der Waals surface area contributed by atoms with E-state index in [1.54, 1.807) is 0 Å². The second-order valence-corrected chi connectivity index (χ2v) is 2.36. The van der Waals surface area contributed by atoms with Crippen LogP contribution in [0.4, 0.5) is 39.5 Å². The minimum absolute atomic E-state index is 0. The summed E-state index contributed by atoms with van der Waals surface area (Å²) in [6.45, 7) is 0. The molecule has 0 bridgehead atoms. The van der Waals surface area contributed by atoms with E-state index in [0.717, 1.165) is 0 Å². The number of hydrogen-bond donors (Lipinski definition) is 0. The zero-order chi connectivity index (χ0) is 18.2. The van der Waals surface area contributed by atoms with Crippen molar-refractivity contribution in [3.63, 3.8) is 0 Å². The van der Waals surface area contributed by atoms with Crippen molar-refractivity contribution >= 4 is 44.1 Å². The van der Waals surface area contributed by atoms with Crippen LogP contribution in [-0.2, 0) is 14.4 Å². The van der Waals surface area contributed by atoms with Crippen molar-refractivity contribution in [1.82, 2.24) is 0 Å². The van der Waals surface area contributed by atoms with Crippen LogP contribution in [0, 0.1) is 0 Å². The summed E-state index contributed by atoms with van der Waals surface area (Å²) in [5.74, 6) is -9.02. The van der Waals surface area contributed by atoms with Gasteiger partial charge in [-0.1, -0.05) is 0 Å². The first kappa shape index (κ1) is 28.8. The molecule has 0 spiro atoms. The molecule has 0 aliphatic heterocycles. The number of carbonyl (C=O) groups is 3. The number of halogens is 9. The van der Waals surface area contributed by atoms with E-state index in [-0.39, 0.29) is 26.2 Å². The largest absolute Gasteiger partial charge is 3.00 e. The number of aliphatic carboxylic acids is 3. The molecule has 0 unspecified atom stereocenters. The van der Waals surface area contributed by atoms with Crippen LogP contribution < -0.4 is 15.3 Å². The van der Waals surface area contributed by atoms with Gasteiger partial charge in [-0.05, 0) is 0 Å². The summed E-state index contributed by atoms with van der Waals surface area (Å²) in [7, 11) is 0. The Morgan fingerprint density at radius 1 is 0.500 bits per heavy atom. The normalized spacial score (nSPS) is 10.8. The predicted molar refractivity (Wildman–Crippen MR) is 38.9 cm³/mol. The quantitative estimate of drug-likeness (QED) is 0.244. The predicted octanol–water partition coefficient (Wildman–Crippen LogP) is -2.49. The second-order valence-electron chi connectivity index (χ2n) is 2.36. The molecule has 0 N–H and O–H groups in total.